The fraction of sp³-hybridized carbons (Fsp3) is 0.0526. The Morgan fingerprint density at radius 3 is 1.41 bits per heavy atom. The third kappa shape index (κ3) is 4.23. The summed E-state index contributed by atoms with van der Waals surface area (Å²) in [5.74, 6) is 0. The Morgan fingerprint density at radius 1 is 0.545 bits per heavy atom. The molecule has 0 spiro atoms. The monoisotopic (exact) mass is 304 g/mol. The summed E-state index contributed by atoms with van der Waals surface area (Å²) in [5.41, 5.74) is 3.73. The van der Waals surface area contributed by atoms with Crippen LogP contribution in [-0.4, -0.2) is 9.12 Å². The Kier molecular flexibility index (Phi) is 4.90. The van der Waals surface area contributed by atoms with E-state index in [1.165, 1.54) is 16.9 Å². The molecular formula is C19H20N2Si. The maximum atomic E-state index is 3.70. The standard InChI is InChI=1S/C19H20N2Si/c1-4-10-17(11-5-1)16-22(20-18-12-6-2-7-13-18)21-19-14-8-3-9-15-19/h1-15,20-22H,16H2. The fourth-order valence-corrected chi connectivity index (χ4v) is 4.67. The largest absolute Gasteiger partial charge is 0.397 e. The van der Waals surface area contributed by atoms with Crippen LogP contribution in [0.15, 0.2) is 91.0 Å². The van der Waals surface area contributed by atoms with Gasteiger partial charge in [-0.3, -0.25) is 0 Å². The van der Waals surface area contributed by atoms with Crippen molar-refractivity contribution in [1.82, 2.24) is 0 Å². The van der Waals surface area contributed by atoms with Crippen LogP contribution >= 0.6 is 0 Å². The molecule has 3 rings (SSSR count). The van der Waals surface area contributed by atoms with E-state index in [2.05, 4.69) is 88.8 Å². The van der Waals surface area contributed by atoms with Crippen molar-refractivity contribution in [2.45, 2.75) is 6.04 Å². The van der Waals surface area contributed by atoms with Crippen LogP contribution in [0.3, 0.4) is 0 Å². The highest BCUT2D eigenvalue weighted by molar-refractivity contribution is 6.65. The van der Waals surface area contributed by atoms with Crippen molar-refractivity contribution in [3.63, 3.8) is 0 Å². The minimum Gasteiger partial charge on any atom is -0.397 e. The smallest absolute Gasteiger partial charge is 0.247 e. The summed E-state index contributed by atoms with van der Waals surface area (Å²) >= 11 is 0. The lowest BCUT2D eigenvalue weighted by Crippen LogP contribution is -2.37. The zero-order chi connectivity index (χ0) is 15.0. The number of benzene rings is 3. The van der Waals surface area contributed by atoms with Gasteiger partial charge in [-0.2, -0.15) is 0 Å². The number of hydrogen-bond donors (Lipinski definition) is 2. The van der Waals surface area contributed by atoms with Crippen molar-refractivity contribution in [2.24, 2.45) is 0 Å². The zero-order valence-corrected chi connectivity index (χ0v) is 13.6. The van der Waals surface area contributed by atoms with E-state index in [1.54, 1.807) is 0 Å². The second kappa shape index (κ2) is 7.48. The first kappa shape index (κ1) is 14.4. The van der Waals surface area contributed by atoms with Crippen molar-refractivity contribution >= 4 is 20.5 Å². The second-order valence-electron chi connectivity index (χ2n) is 5.26. The van der Waals surface area contributed by atoms with Crippen molar-refractivity contribution in [3.05, 3.63) is 96.6 Å². The third-order valence-corrected chi connectivity index (χ3v) is 5.76. The van der Waals surface area contributed by atoms with Gasteiger partial charge < -0.3 is 9.96 Å². The van der Waals surface area contributed by atoms with Gasteiger partial charge in [-0.1, -0.05) is 66.7 Å². The van der Waals surface area contributed by atoms with Gasteiger partial charge in [0.25, 0.3) is 0 Å². The molecule has 0 saturated heterocycles. The van der Waals surface area contributed by atoms with Crippen LogP contribution in [0.4, 0.5) is 11.4 Å². The molecule has 0 aliphatic rings. The van der Waals surface area contributed by atoms with Gasteiger partial charge in [-0.15, -0.1) is 0 Å². The first-order chi connectivity index (χ1) is 10.9. The van der Waals surface area contributed by atoms with Crippen LogP contribution < -0.4 is 9.96 Å². The molecule has 0 aromatic heterocycles. The molecule has 0 saturated carbocycles. The summed E-state index contributed by atoms with van der Waals surface area (Å²) < 4.78 is 0. The molecule has 0 aliphatic carbocycles. The minimum atomic E-state index is -1.41. The highest BCUT2D eigenvalue weighted by atomic mass is 28.3. The molecule has 0 heterocycles. The van der Waals surface area contributed by atoms with Crippen molar-refractivity contribution in [3.8, 4) is 0 Å². The number of anilines is 2. The first-order valence-electron chi connectivity index (χ1n) is 7.57. The summed E-state index contributed by atoms with van der Waals surface area (Å²) in [4.78, 5) is 7.41. The van der Waals surface area contributed by atoms with E-state index >= 15 is 0 Å². The van der Waals surface area contributed by atoms with E-state index in [9.17, 15) is 0 Å². The first-order valence-corrected chi connectivity index (χ1v) is 9.54. The minimum absolute atomic E-state index is 1.05. The highest BCUT2D eigenvalue weighted by Crippen LogP contribution is 2.12. The van der Waals surface area contributed by atoms with Gasteiger partial charge in [0, 0.05) is 17.4 Å². The Bertz CT molecular complexity index is 573. The van der Waals surface area contributed by atoms with Gasteiger partial charge in [0.05, 0.1) is 0 Å². The molecule has 0 fully saturated rings. The van der Waals surface area contributed by atoms with Gasteiger partial charge in [0.1, 0.15) is 0 Å². The average Bonchev–Trinajstić information content (AvgIpc) is 2.57. The van der Waals surface area contributed by atoms with Crippen molar-refractivity contribution < 1.29 is 0 Å². The second-order valence-corrected chi connectivity index (χ2v) is 7.35. The van der Waals surface area contributed by atoms with Gasteiger partial charge in [-0.05, 0) is 29.8 Å². The zero-order valence-electron chi connectivity index (χ0n) is 12.4. The average molecular weight is 304 g/mol. The van der Waals surface area contributed by atoms with E-state index in [4.69, 9.17) is 0 Å². The molecule has 0 radical (unpaired) electrons. The number of rotatable bonds is 6. The summed E-state index contributed by atoms with van der Waals surface area (Å²) in [5, 5.41) is 0. The predicted molar refractivity (Wildman–Crippen MR) is 97.4 cm³/mol. The van der Waals surface area contributed by atoms with Crippen molar-refractivity contribution in [1.29, 1.82) is 0 Å². The van der Waals surface area contributed by atoms with E-state index in [0.29, 0.717) is 0 Å². The Hall–Kier alpha value is -2.52. The number of hydrogen-bond acceptors (Lipinski definition) is 2. The predicted octanol–water partition coefficient (Wildman–Crippen LogP) is 4.21. The SMILES string of the molecule is c1ccc(C[SiH](Nc2ccccc2)Nc2ccccc2)cc1. The molecule has 3 aromatic rings. The third-order valence-electron chi connectivity index (χ3n) is 3.51. The molecule has 3 aromatic carbocycles. The highest BCUT2D eigenvalue weighted by Gasteiger charge is 2.12. The summed E-state index contributed by atoms with van der Waals surface area (Å²) in [7, 11) is -1.41. The lowest BCUT2D eigenvalue weighted by molar-refractivity contribution is 1.34. The number of nitrogens with one attached hydrogen (secondary N) is 2. The molecule has 0 bridgehead atoms. The van der Waals surface area contributed by atoms with E-state index in [-0.39, 0.29) is 0 Å². The fourth-order valence-electron chi connectivity index (χ4n) is 2.46. The van der Waals surface area contributed by atoms with Gasteiger partial charge in [0.15, 0.2) is 0 Å². The Balaban J connectivity index is 1.75. The van der Waals surface area contributed by atoms with Crippen LogP contribution in [-0.2, 0) is 6.04 Å². The van der Waals surface area contributed by atoms with Crippen LogP contribution in [0.1, 0.15) is 5.56 Å². The Morgan fingerprint density at radius 2 is 0.955 bits per heavy atom. The number of para-hydroxylation sites is 2. The van der Waals surface area contributed by atoms with Gasteiger partial charge >= 0.3 is 0 Å². The maximum absolute atomic E-state index is 3.70. The molecular weight excluding hydrogens is 284 g/mol. The molecule has 22 heavy (non-hydrogen) atoms. The molecule has 2 nitrogen and oxygen atoms in total. The quantitative estimate of drug-likeness (QED) is 0.667. The lowest BCUT2D eigenvalue weighted by atomic mass is 10.2. The van der Waals surface area contributed by atoms with Gasteiger partial charge in [-0.25, -0.2) is 0 Å². The summed E-state index contributed by atoms with van der Waals surface area (Å²) in [6, 6.07) is 32.6. The maximum Gasteiger partial charge on any atom is 0.247 e. The summed E-state index contributed by atoms with van der Waals surface area (Å²) in [6.07, 6.45) is 0. The molecule has 110 valence electrons. The normalized spacial score (nSPS) is 10.4. The van der Waals surface area contributed by atoms with E-state index in [1.807, 2.05) is 12.1 Å². The Labute approximate surface area is 133 Å². The molecule has 0 aliphatic heterocycles. The molecule has 2 N–H and O–H groups in total. The summed E-state index contributed by atoms with van der Waals surface area (Å²) in [6.45, 7) is 0. The van der Waals surface area contributed by atoms with Gasteiger partial charge in [0.2, 0.25) is 9.12 Å². The molecule has 0 unspecified atom stereocenters. The van der Waals surface area contributed by atoms with Crippen molar-refractivity contribution in [2.75, 3.05) is 9.96 Å². The lowest BCUT2D eigenvalue weighted by Gasteiger charge is -2.20. The van der Waals surface area contributed by atoms with E-state index < -0.39 is 9.12 Å². The molecule has 0 amide bonds. The van der Waals surface area contributed by atoms with Crippen LogP contribution in [0.2, 0.25) is 0 Å². The van der Waals surface area contributed by atoms with Crippen LogP contribution in [0.25, 0.3) is 0 Å². The van der Waals surface area contributed by atoms with Crippen LogP contribution in [0, 0.1) is 0 Å². The molecule has 0 atom stereocenters. The van der Waals surface area contributed by atoms with Crippen LogP contribution in [0.5, 0.6) is 0 Å². The van der Waals surface area contributed by atoms with E-state index in [0.717, 1.165) is 6.04 Å². The molecule has 3 heteroatoms. The topological polar surface area (TPSA) is 24.1 Å².